The average Bonchev–Trinajstić information content (AvgIpc) is 3.40. The second-order valence-corrected chi connectivity index (χ2v) is 14.9. The van der Waals surface area contributed by atoms with E-state index in [1.54, 1.807) is 24.3 Å². The molecule has 1 aromatic heterocycles. The Hall–Kier alpha value is -3.47. The predicted molar refractivity (Wildman–Crippen MR) is 175 cm³/mol. The van der Waals surface area contributed by atoms with Gasteiger partial charge in [0.2, 0.25) is 17.7 Å². The molecule has 1 N–H and O–H groups in total. The van der Waals surface area contributed by atoms with Crippen LogP contribution in [0.15, 0.2) is 87.1 Å². The molecule has 2 aliphatic rings. The van der Waals surface area contributed by atoms with Crippen molar-refractivity contribution in [3.05, 3.63) is 109 Å². The summed E-state index contributed by atoms with van der Waals surface area (Å²) in [6.07, 6.45) is 0. The molecule has 220 valence electrons. The second-order valence-electron chi connectivity index (χ2n) is 11.9. The summed E-state index contributed by atoms with van der Waals surface area (Å²) in [6, 6.07) is 22.6. The number of fused-ring (bicyclic) bond motifs is 2. The second kappa shape index (κ2) is 11.2. The minimum absolute atomic E-state index is 0.0647. The molecule has 3 atom stereocenters. The van der Waals surface area contributed by atoms with Gasteiger partial charge in [0, 0.05) is 21.0 Å². The van der Waals surface area contributed by atoms with Gasteiger partial charge in [0.25, 0.3) is 0 Å². The van der Waals surface area contributed by atoms with Gasteiger partial charge < -0.3 is 5.32 Å². The van der Waals surface area contributed by atoms with E-state index in [1.807, 2.05) is 43.3 Å². The van der Waals surface area contributed by atoms with Gasteiger partial charge in [-0.2, -0.15) is 0 Å². The van der Waals surface area contributed by atoms with Crippen molar-refractivity contribution in [2.45, 2.75) is 55.8 Å². The van der Waals surface area contributed by atoms with Gasteiger partial charge in [-0.15, -0.1) is 0 Å². The standard InChI is InChI=1S/C33H30BrN3O4S2/c1-18-7-5-6-8-23(18)35-24(38)17-36-31-28(43-32(36)41)25(19-9-11-20(12-10-19)33(2,3)4)26-27(42-31)30(40)37(29(26)39)22-15-13-21(34)14-16-22/h5-16,25-27H,17H2,1-4H3,(H,35,38). The lowest BCUT2D eigenvalue weighted by atomic mass is 9.81. The summed E-state index contributed by atoms with van der Waals surface area (Å²) >= 11 is 5.69. The highest BCUT2D eigenvalue weighted by molar-refractivity contribution is 9.10. The Kier molecular flexibility index (Phi) is 7.73. The van der Waals surface area contributed by atoms with Gasteiger partial charge in [-0.1, -0.05) is 102 Å². The molecule has 3 heterocycles. The number of hydrogen-bond acceptors (Lipinski definition) is 6. The molecule has 7 nitrogen and oxygen atoms in total. The molecule has 2 aliphatic heterocycles. The highest BCUT2D eigenvalue weighted by Crippen LogP contribution is 2.54. The van der Waals surface area contributed by atoms with E-state index in [9.17, 15) is 19.2 Å². The molecular formula is C33H30BrN3O4S2. The van der Waals surface area contributed by atoms with Crippen LogP contribution in [0.4, 0.5) is 11.4 Å². The largest absolute Gasteiger partial charge is 0.324 e. The van der Waals surface area contributed by atoms with E-state index < -0.39 is 17.1 Å². The Labute approximate surface area is 266 Å². The van der Waals surface area contributed by atoms with E-state index in [0.29, 0.717) is 21.3 Å². The molecular weight excluding hydrogens is 646 g/mol. The van der Waals surface area contributed by atoms with Gasteiger partial charge in [-0.3, -0.25) is 23.7 Å². The number of carbonyl (C=O) groups excluding carboxylic acids is 3. The highest BCUT2D eigenvalue weighted by atomic mass is 79.9. The lowest BCUT2D eigenvalue weighted by Crippen LogP contribution is -2.33. The number of carbonyl (C=O) groups is 3. The van der Waals surface area contributed by atoms with E-state index in [4.69, 9.17) is 0 Å². The molecule has 0 aliphatic carbocycles. The fourth-order valence-electron chi connectivity index (χ4n) is 5.70. The molecule has 43 heavy (non-hydrogen) atoms. The fraction of sp³-hybridized carbons (Fsp3) is 0.273. The third kappa shape index (κ3) is 5.41. The summed E-state index contributed by atoms with van der Waals surface area (Å²) in [4.78, 5) is 56.3. The minimum Gasteiger partial charge on any atom is -0.324 e. The number of thiazole rings is 1. The molecule has 3 aromatic carbocycles. The number of nitrogens with zero attached hydrogens (tertiary/aromatic N) is 2. The van der Waals surface area contributed by atoms with Crippen LogP contribution in [0, 0.1) is 12.8 Å². The van der Waals surface area contributed by atoms with E-state index in [1.165, 1.54) is 21.2 Å². The molecule has 1 saturated heterocycles. The summed E-state index contributed by atoms with van der Waals surface area (Å²) in [6.45, 7) is 8.11. The molecule has 3 amide bonds. The first kappa shape index (κ1) is 29.6. The topological polar surface area (TPSA) is 88.5 Å². The van der Waals surface area contributed by atoms with E-state index in [0.717, 1.165) is 32.5 Å². The summed E-state index contributed by atoms with van der Waals surface area (Å²) in [5.74, 6) is -2.15. The number of rotatable bonds is 5. The van der Waals surface area contributed by atoms with Crippen molar-refractivity contribution >= 4 is 68.1 Å². The SMILES string of the molecule is Cc1ccccc1NC(=O)Cn1c2c(sc1=O)C(c1ccc(C(C)(C)C)cc1)C1C(=O)N(c3ccc(Br)cc3)C(=O)C1S2. The first-order valence-electron chi connectivity index (χ1n) is 13.9. The van der Waals surface area contributed by atoms with Gasteiger partial charge in [-0.05, 0) is 59.4 Å². The number of amides is 3. The van der Waals surface area contributed by atoms with E-state index in [2.05, 4.69) is 54.2 Å². The molecule has 4 aromatic rings. The quantitative estimate of drug-likeness (QED) is 0.238. The number of halogens is 1. The first-order chi connectivity index (χ1) is 20.4. The summed E-state index contributed by atoms with van der Waals surface area (Å²) in [5, 5.41) is 2.73. The Balaban J connectivity index is 1.42. The lowest BCUT2D eigenvalue weighted by Gasteiger charge is -2.31. The van der Waals surface area contributed by atoms with Crippen molar-refractivity contribution in [2.75, 3.05) is 10.2 Å². The Morgan fingerprint density at radius 2 is 1.60 bits per heavy atom. The van der Waals surface area contributed by atoms with Crippen molar-refractivity contribution in [2.24, 2.45) is 5.92 Å². The van der Waals surface area contributed by atoms with Crippen molar-refractivity contribution in [3.63, 3.8) is 0 Å². The maximum Gasteiger partial charge on any atom is 0.308 e. The minimum atomic E-state index is -0.740. The van der Waals surface area contributed by atoms with E-state index >= 15 is 0 Å². The zero-order chi connectivity index (χ0) is 30.6. The van der Waals surface area contributed by atoms with Crippen LogP contribution in [-0.4, -0.2) is 27.5 Å². The van der Waals surface area contributed by atoms with Crippen LogP contribution in [0.25, 0.3) is 0 Å². The number of imide groups is 1. The predicted octanol–water partition coefficient (Wildman–Crippen LogP) is 6.71. The number of hydrogen-bond donors (Lipinski definition) is 1. The van der Waals surface area contributed by atoms with Crippen LogP contribution in [-0.2, 0) is 26.3 Å². The third-order valence-electron chi connectivity index (χ3n) is 7.99. The number of aromatic nitrogens is 1. The summed E-state index contributed by atoms with van der Waals surface area (Å²) < 4.78 is 2.29. The first-order valence-corrected chi connectivity index (χ1v) is 16.4. The molecule has 6 rings (SSSR count). The van der Waals surface area contributed by atoms with Crippen LogP contribution >= 0.6 is 39.0 Å². The number of benzene rings is 3. The van der Waals surface area contributed by atoms with Crippen LogP contribution in [0.5, 0.6) is 0 Å². The van der Waals surface area contributed by atoms with Gasteiger partial charge in [0.15, 0.2) is 0 Å². The Bertz CT molecular complexity index is 1810. The average molecular weight is 677 g/mol. The molecule has 0 spiro atoms. The zero-order valence-electron chi connectivity index (χ0n) is 24.1. The molecule has 0 bridgehead atoms. The smallest absolute Gasteiger partial charge is 0.308 e. The van der Waals surface area contributed by atoms with Gasteiger partial charge in [-0.25, -0.2) is 4.90 Å². The van der Waals surface area contributed by atoms with Gasteiger partial charge in [0.1, 0.15) is 11.8 Å². The number of nitrogens with one attached hydrogen (secondary N) is 1. The zero-order valence-corrected chi connectivity index (χ0v) is 27.3. The molecule has 10 heteroatoms. The normalized spacial score (nSPS) is 19.7. The fourth-order valence-corrected chi connectivity index (χ4v) is 8.73. The number of anilines is 2. The molecule has 0 radical (unpaired) electrons. The van der Waals surface area contributed by atoms with Crippen molar-refractivity contribution in [3.8, 4) is 0 Å². The summed E-state index contributed by atoms with van der Waals surface area (Å²) in [7, 11) is 0. The van der Waals surface area contributed by atoms with E-state index in [-0.39, 0.29) is 34.6 Å². The molecule has 0 saturated carbocycles. The van der Waals surface area contributed by atoms with Crippen molar-refractivity contribution in [1.82, 2.24) is 4.57 Å². The van der Waals surface area contributed by atoms with Gasteiger partial charge >= 0.3 is 4.87 Å². The van der Waals surface area contributed by atoms with Crippen molar-refractivity contribution < 1.29 is 14.4 Å². The Morgan fingerprint density at radius 3 is 2.26 bits per heavy atom. The molecule has 1 fully saturated rings. The number of thioether (sulfide) groups is 1. The molecule has 3 unspecified atom stereocenters. The third-order valence-corrected chi connectivity index (χ3v) is 11.1. The maximum absolute atomic E-state index is 14.1. The number of para-hydroxylation sites is 1. The van der Waals surface area contributed by atoms with Crippen LogP contribution in [0.1, 0.15) is 48.3 Å². The van der Waals surface area contributed by atoms with Crippen molar-refractivity contribution in [1.29, 1.82) is 0 Å². The monoisotopic (exact) mass is 675 g/mol. The summed E-state index contributed by atoms with van der Waals surface area (Å²) in [5.41, 5.74) is 4.03. The highest BCUT2D eigenvalue weighted by Gasteiger charge is 2.56. The van der Waals surface area contributed by atoms with Crippen LogP contribution in [0.2, 0.25) is 0 Å². The van der Waals surface area contributed by atoms with Gasteiger partial charge in [0.05, 0.1) is 16.6 Å². The van der Waals surface area contributed by atoms with Crippen LogP contribution in [0.3, 0.4) is 0 Å². The Morgan fingerprint density at radius 1 is 0.930 bits per heavy atom. The maximum atomic E-state index is 14.1. The van der Waals surface area contributed by atoms with Crippen LogP contribution < -0.4 is 15.1 Å². The number of aryl methyl sites for hydroxylation is 1. The lowest BCUT2D eigenvalue weighted by molar-refractivity contribution is -0.122.